The molecule has 0 aliphatic heterocycles. The average Bonchev–Trinajstić information content (AvgIpc) is 2.62. The maximum atomic E-state index is 13.3. The van der Waals surface area contributed by atoms with E-state index in [9.17, 15) is 13.2 Å². The molecule has 0 radical (unpaired) electrons. The first-order valence-electron chi connectivity index (χ1n) is 3.80. The van der Waals surface area contributed by atoms with E-state index in [0.717, 1.165) is 23.0 Å². The van der Waals surface area contributed by atoms with Crippen LogP contribution in [0.3, 0.4) is 0 Å². The van der Waals surface area contributed by atoms with Gasteiger partial charge >= 0.3 is 0 Å². The Balaban J connectivity index is 2.65. The van der Waals surface area contributed by atoms with Gasteiger partial charge in [-0.2, -0.15) is 0 Å². The second-order valence-corrected chi connectivity index (χ2v) is 3.00. The smallest absolute Gasteiger partial charge is 0.229 e. The Hall–Kier alpha value is -1.56. The Kier molecular flexibility index (Phi) is 2.36. The lowest BCUT2D eigenvalue weighted by molar-refractivity contribution is 0.444. The first-order chi connectivity index (χ1) is 7.11. The van der Waals surface area contributed by atoms with Crippen molar-refractivity contribution in [2.75, 3.05) is 0 Å². The number of benzene rings is 1. The number of halogens is 4. The Morgan fingerprint density at radius 1 is 1.13 bits per heavy atom. The normalized spacial score (nSPS) is 10.7. The van der Waals surface area contributed by atoms with Gasteiger partial charge in [0.2, 0.25) is 5.28 Å². The van der Waals surface area contributed by atoms with Crippen LogP contribution in [0, 0.1) is 17.5 Å². The Morgan fingerprint density at radius 3 is 2.47 bits per heavy atom. The predicted octanol–water partition coefficient (Wildman–Crippen LogP) is 2.34. The van der Waals surface area contributed by atoms with Crippen molar-refractivity contribution in [1.29, 1.82) is 0 Å². The molecule has 2 aromatic rings. The summed E-state index contributed by atoms with van der Waals surface area (Å²) >= 11 is 5.54. The lowest BCUT2D eigenvalue weighted by Gasteiger charge is -2.04. The van der Waals surface area contributed by atoms with Crippen LogP contribution in [0.1, 0.15) is 0 Å². The van der Waals surface area contributed by atoms with Gasteiger partial charge in [-0.25, -0.2) is 13.2 Å². The van der Waals surface area contributed by atoms with Crippen LogP contribution in [0.4, 0.5) is 13.2 Å². The summed E-state index contributed by atoms with van der Waals surface area (Å²) in [6, 6.07) is 1.84. The minimum absolute atomic E-state index is 0.139. The highest BCUT2D eigenvalue weighted by Gasteiger charge is 2.16. The number of aromatic nitrogens is 3. The van der Waals surface area contributed by atoms with Gasteiger partial charge in [0.05, 0.1) is 5.69 Å². The number of hydrogen-bond acceptors (Lipinski definition) is 2. The van der Waals surface area contributed by atoms with Gasteiger partial charge in [-0.15, -0.1) is 10.2 Å². The van der Waals surface area contributed by atoms with Crippen molar-refractivity contribution in [3.05, 3.63) is 41.2 Å². The fourth-order valence-electron chi connectivity index (χ4n) is 1.08. The summed E-state index contributed by atoms with van der Waals surface area (Å²) in [4.78, 5) is 0. The van der Waals surface area contributed by atoms with Crippen LogP contribution in [0.2, 0.25) is 5.28 Å². The van der Waals surface area contributed by atoms with Crippen LogP contribution in [-0.4, -0.2) is 14.8 Å². The van der Waals surface area contributed by atoms with E-state index in [1.165, 1.54) is 0 Å². The minimum Gasteiger partial charge on any atom is -0.269 e. The summed E-state index contributed by atoms with van der Waals surface area (Å²) < 4.78 is 39.7. The molecule has 2 rings (SSSR count). The SMILES string of the molecule is Fc1ccc(-n2cnnc2Cl)c(F)c1F. The van der Waals surface area contributed by atoms with E-state index in [1.807, 2.05) is 0 Å². The summed E-state index contributed by atoms with van der Waals surface area (Å²) in [6.45, 7) is 0. The molecule has 0 aliphatic carbocycles. The molecule has 15 heavy (non-hydrogen) atoms. The molecule has 0 N–H and O–H groups in total. The van der Waals surface area contributed by atoms with Crippen LogP contribution in [-0.2, 0) is 0 Å². The van der Waals surface area contributed by atoms with Crippen molar-refractivity contribution >= 4 is 11.6 Å². The van der Waals surface area contributed by atoms with E-state index < -0.39 is 17.5 Å². The molecule has 0 unspecified atom stereocenters. The Bertz CT molecular complexity index is 512. The molecule has 0 fully saturated rings. The molecular formula is C8H3ClF3N3. The molecule has 1 aromatic heterocycles. The molecule has 0 saturated carbocycles. The van der Waals surface area contributed by atoms with Crippen molar-refractivity contribution < 1.29 is 13.2 Å². The van der Waals surface area contributed by atoms with Crippen molar-refractivity contribution in [3.63, 3.8) is 0 Å². The summed E-state index contributed by atoms with van der Waals surface area (Å²) in [5.74, 6) is -4.16. The first kappa shape index (κ1) is 9.97. The molecule has 7 heteroatoms. The first-order valence-corrected chi connectivity index (χ1v) is 4.18. The van der Waals surface area contributed by atoms with Crippen LogP contribution in [0.5, 0.6) is 0 Å². The fraction of sp³-hybridized carbons (Fsp3) is 0. The molecule has 0 saturated heterocycles. The van der Waals surface area contributed by atoms with Crippen LogP contribution in [0.15, 0.2) is 18.5 Å². The Morgan fingerprint density at radius 2 is 1.87 bits per heavy atom. The van der Waals surface area contributed by atoms with E-state index in [0.29, 0.717) is 0 Å². The molecular weight excluding hydrogens is 231 g/mol. The highest BCUT2D eigenvalue weighted by atomic mass is 35.5. The topological polar surface area (TPSA) is 30.7 Å². The van der Waals surface area contributed by atoms with Crippen LogP contribution >= 0.6 is 11.6 Å². The maximum absolute atomic E-state index is 13.3. The Labute approximate surface area is 87.1 Å². The second kappa shape index (κ2) is 3.54. The van der Waals surface area contributed by atoms with E-state index in [4.69, 9.17) is 11.6 Å². The largest absolute Gasteiger partial charge is 0.269 e. The van der Waals surface area contributed by atoms with Crippen LogP contribution in [0.25, 0.3) is 5.69 Å². The van der Waals surface area contributed by atoms with E-state index >= 15 is 0 Å². The predicted molar refractivity (Wildman–Crippen MR) is 46.2 cm³/mol. The van der Waals surface area contributed by atoms with Gasteiger partial charge in [0.15, 0.2) is 17.5 Å². The van der Waals surface area contributed by atoms with Crippen molar-refractivity contribution in [3.8, 4) is 5.69 Å². The number of nitrogens with zero attached hydrogens (tertiary/aromatic N) is 3. The lowest BCUT2D eigenvalue weighted by Crippen LogP contribution is -2.01. The van der Waals surface area contributed by atoms with Gasteiger partial charge < -0.3 is 0 Å². The number of hydrogen-bond donors (Lipinski definition) is 0. The quantitative estimate of drug-likeness (QED) is 0.708. The highest BCUT2D eigenvalue weighted by Crippen LogP contribution is 2.20. The zero-order valence-electron chi connectivity index (χ0n) is 7.09. The third-order valence-electron chi connectivity index (χ3n) is 1.78. The summed E-state index contributed by atoms with van der Waals surface area (Å²) in [6.07, 6.45) is 1.10. The zero-order valence-corrected chi connectivity index (χ0v) is 7.84. The van der Waals surface area contributed by atoms with E-state index in [2.05, 4.69) is 10.2 Å². The van der Waals surface area contributed by atoms with Crippen molar-refractivity contribution in [2.45, 2.75) is 0 Å². The molecule has 3 nitrogen and oxygen atoms in total. The molecule has 0 atom stereocenters. The summed E-state index contributed by atoms with van der Waals surface area (Å²) in [7, 11) is 0. The van der Waals surface area contributed by atoms with Crippen LogP contribution < -0.4 is 0 Å². The average molecular weight is 234 g/mol. The van der Waals surface area contributed by atoms with E-state index in [1.54, 1.807) is 0 Å². The highest BCUT2D eigenvalue weighted by molar-refractivity contribution is 6.28. The molecule has 1 heterocycles. The molecule has 0 amide bonds. The second-order valence-electron chi connectivity index (χ2n) is 2.66. The third-order valence-corrected chi connectivity index (χ3v) is 2.04. The van der Waals surface area contributed by atoms with Gasteiger partial charge in [0, 0.05) is 0 Å². The van der Waals surface area contributed by atoms with Gasteiger partial charge in [0.1, 0.15) is 6.33 Å². The third kappa shape index (κ3) is 1.56. The summed E-state index contributed by atoms with van der Waals surface area (Å²) in [5, 5.41) is 6.63. The lowest BCUT2D eigenvalue weighted by atomic mass is 10.3. The molecule has 1 aromatic carbocycles. The monoisotopic (exact) mass is 233 g/mol. The minimum atomic E-state index is -1.56. The van der Waals surface area contributed by atoms with Gasteiger partial charge in [-0.1, -0.05) is 0 Å². The fourth-order valence-corrected chi connectivity index (χ4v) is 1.26. The molecule has 0 bridgehead atoms. The standard InChI is InChI=1S/C8H3ClF3N3/c9-8-14-13-3-15(8)5-2-1-4(10)6(11)7(5)12/h1-3H. The number of rotatable bonds is 1. The summed E-state index contributed by atoms with van der Waals surface area (Å²) in [5.41, 5.74) is -0.246. The maximum Gasteiger partial charge on any atom is 0.229 e. The molecule has 0 aliphatic rings. The van der Waals surface area contributed by atoms with E-state index in [-0.39, 0.29) is 11.0 Å². The zero-order chi connectivity index (χ0) is 11.0. The molecule has 0 spiro atoms. The van der Waals surface area contributed by atoms with Gasteiger partial charge in [-0.05, 0) is 23.7 Å². The van der Waals surface area contributed by atoms with Crippen molar-refractivity contribution in [1.82, 2.24) is 14.8 Å². The van der Waals surface area contributed by atoms with Gasteiger partial charge in [0.25, 0.3) is 0 Å². The van der Waals surface area contributed by atoms with Gasteiger partial charge in [-0.3, -0.25) is 4.57 Å². The molecule has 78 valence electrons. The van der Waals surface area contributed by atoms with Crippen molar-refractivity contribution in [2.24, 2.45) is 0 Å².